The Morgan fingerprint density at radius 2 is 1.65 bits per heavy atom. The van der Waals surface area contributed by atoms with Crippen molar-refractivity contribution in [2.75, 3.05) is 11.9 Å². The summed E-state index contributed by atoms with van der Waals surface area (Å²) in [5, 5.41) is 7.90. The van der Waals surface area contributed by atoms with E-state index < -0.39 is 0 Å². The molecule has 0 aliphatic rings. The van der Waals surface area contributed by atoms with Gasteiger partial charge in [-0.05, 0) is 60.4 Å². The number of halogens is 1. The smallest absolute Gasteiger partial charge is 0.252 e. The second-order valence-electron chi connectivity index (χ2n) is 7.38. The number of carbonyl (C=O) groups is 1. The summed E-state index contributed by atoms with van der Waals surface area (Å²) in [5.41, 5.74) is 4.73. The molecule has 156 valence electrons. The molecule has 4 aromatic rings. The van der Waals surface area contributed by atoms with Gasteiger partial charge in [0.1, 0.15) is 5.82 Å². The Hall–Kier alpha value is -3.37. The second kappa shape index (κ2) is 9.63. The van der Waals surface area contributed by atoms with Crippen LogP contribution in [0.25, 0.3) is 10.9 Å². The molecule has 3 aromatic carbocycles. The fourth-order valence-electron chi connectivity index (χ4n) is 3.47. The molecule has 4 nitrogen and oxygen atoms in total. The van der Waals surface area contributed by atoms with Crippen LogP contribution >= 0.6 is 11.6 Å². The topological polar surface area (TPSA) is 54.0 Å². The highest BCUT2D eigenvalue weighted by Crippen LogP contribution is 2.23. The summed E-state index contributed by atoms with van der Waals surface area (Å²) in [4.78, 5) is 17.7. The maximum Gasteiger partial charge on any atom is 0.252 e. The first-order valence-corrected chi connectivity index (χ1v) is 10.8. The molecular formula is C26H24ClN3O. The number of aryl methyl sites for hydroxylation is 1. The van der Waals surface area contributed by atoms with Crippen LogP contribution in [-0.4, -0.2) is 17.4 Å². The van der Waals surface area contributed by atoms with E-state index in [1.54, 1.807) is 0 Å². The second-order valence-corrected chi connectivity index (χ2v) is 7.82. The highest BCUT2D eigenvalue weighted by atomic mass is 35.5. The SMILES string of the molecule is CCc1ccc(Nc2cc(C(=O)NCCc3ccc(Cl)cc3)c3ccccc3n2)cc1. The van der Waals surface area contributed by atoms with Gasteiger partial charge in [0.25, 0.3) is 5.91 Å². The van der Waals surface area contributed by atoms with Gasteiger partial charge >= 0.3 is 0 Å². The maximum absolute atomic E-state index is 13.0. The third kappa shape index (κ3) is 5.22. The van der Waals surface area contributed by atoms with Crippen LogP contribution in [0.1, 0.15) is 28.4 Å². The number of para-hydroxylation sites is 1. The van der Waals surface area contributed by atoms with E-state index in [-0.39, 0.29) is 5.91 Å². The summed E-state index contributed by atoms with van der Waals surface area (Å²) in [7, 11) is 0. The van der Waals surface area contributed by atoms with Crippen LogP contribution in [0.3, 0.4) is 0 Å². The lowest BCUT2D eigenvalue weighted by molar-refractivity contribution is 0.0956. The predicted octanol–water partition coefficient (Wildman–Crippen LogP) is 6.17. The zero-order valence-electron chi connectivity index (χ0n) is 17.4. The van der Waals surface area contributed by atoms with Gasteiger partial charge < -0.3 is 10.6 Å². The van der Waals surface area contributed by atoms with Crippen molar-refractivity contribution in [2.24, 2.45) is 0 Å². The molecule has 0 bridgehead atoms. The highest BCUT2D eigenvalue weighted by molar-refractivity contribution is 6.30. The molecule has 1 amide bonds. The number of benzene rings is 3. The first kappa shape index (κ1) is 20.9. The maximum atomic E-state index is 13.0. The standard InChI is InChI=1S/C26H24ClN3O/c1-2-18-9-13-21(14-10-18)29-25-17-23(22-5-3-4-6-24(22)30-25)26(31)28-16-15-19-7-11-20(27)12-8-19/h3-14,17H,2,15-16H2,1H3,(H,28,31)(H,29,30). The number of amides is 1. The van der Waals surface area contributed by atoms with Gasteiger partial charge in [0.2, 0.25) is 0 Å². The Morgan fingerprint density at radius 1 is 0.935 bits per heavy atom. The van der Waals surface area contributed by atoms with Gasteiger partial charge in [0.05, 0.1) is 11.1 Å². The van der Waals surface area contributed by atoms with Crippen LogP contribution in [0.5, 0.6) is 0 Å². The molecule has 31 heavy (non-hydrogen) atoms. The van der Waals surface area contributed by atoms with Crippen LogP contribution < -0.4 is 10.6 Å². The number of carbonyl (C=O) groups excluding carboxylic acids is 1. The van der Waals surface area contributed by atoms with Crippen molar-refractivity contribution < 1.29 is 4.79 Å². The van der Waals surface area contributed by atoms with E-state index in [9.17, 15) is 4.79 Å². The van der Waals surface area contributed by atoms with Gasteiger partial charge in [-0.3, -0.25) is 4.79 Å². The number of hydrogen-bond acceptors (Lipinski definition) is 3. The molecule has 0 fully saturated rings. The fraction of sp³-hybridized carbons (Fsp3) is 0.154. The minimum atomic E-state index is -0.114. The molecule has 0 radical (unpaired) electrons. The first-order valence-electron chi connectivity index (χ1n) is 10.4. The largest absolute Gasteiger partial charge is 0.352 e. The van der Waals surface area contributed by atoms with Crippen molar-refractivity contribution in [2.45, 2.75) is 19.8 Å². The van der Waals surface area contributed by atoms with Gasteiger partial charge in [-0.25, -0.2) is 4.98 Å². The number of pyridine rings is 1. The molecule has 0 unspecified atom stereocenters. The van der Waals surface area contributed by atoms with E-state index in [0.29, 0.717) is 22.9 Å². The molecular weight excluding hydrogens is 406 g/mol. The van der Waals surface area contributed by atoms with Crippen LogP contribution in [0.2, 0.25) is 5.02 Å². The lowest BCUT2D eigenvalue weighted by atomic mass is 10.1. The van der Waals surface area contributed by atoms with Gasteiger partial charge in [-0.1, -0.05) is 61.0 Å². The lowest BCUT2D eigenvalue weighted by Crippen LogP contribution is -2.26. The van der Waals surface area contributed by atoms with Crippen LogP contribution in [0, 0.1) is 0 Å². The minimum absolute atomic E-state index is 0.114. The fourth-order valence-corrected chi connectivity index (χ4v) is 3.59. The predicted molar refractivity (Wildman–Crippen MR) is 128 cm³/mol. The average Bonchev–Trinajstić information content (AvgIpc) is 2.80. The van der Waals surface area contributed by atoms with Crippen molar-refractivity contribution in [1.29, 1.82) is 0 Å². The van der Waals surface area contributed by atoms with E-state index in [1.807, 2.05) is 66.7 Å². The summed E-state index contributed by atoms with van der Waals surface area (Å²) >= 11 is 5.94. The molecule has 0 atom stereocenters. The molecule has 0 saturated carbocycles. The number of nitrogens with zero attached hydrogens (tertiary/aromatic N) is 1. The Morgan fingerprint density at radius 3 is 2.39 bits per heavy atom. The van der Waals surface area contributed by atoms with Crippen molar-refractivity contribution in [1.82, 2.24) is 10.3 Å². The zero-order chi connectivity index (χ0) is 21.6. The van der Waals surface area contributed by atoms with Gasteiger partial charge in [0, 0.05) is 22.6 Å². The van der Waals surface area contributed by atoms with E-state index in [2.05, 4.69) is 34.7 Å². The average molecular weight is 430 g/mol. The lowest BCUT2D eigenvalue weighted by Gasteiger charge is -2.12. The number of hydrogen-bond donors (Lipinski definition) is 2. The Bertz CT molecular complexity index is 1190. The number of rotatable bonds is 7. The van der Waals surface area contributed by atoms with Crippen LogP contribution in [0.15, 0.2) is 78.9 Å². The molecule has 4 rings (SSSR count). The number of anilines is 2. The Labute approximate surface area is 187 Å². The first-order chi connectivity index (χ1) is 15.1. The number of nitrogens with one attached hydrogen (secondary N) is 2. The quantitative estimate of drug-likeness (QED) is 0.369. The molecule has 0 aliphatic carbocycles. The zero-order valence-corrected chi connectivity index (χ0v) is 18.1. The summed E-state index contributed by atoms with van der Waals surface area (Å²) in [6.07, 6.45) is 1.73. The molecule has 1 heterocycles. The molecule has 5 heteroatoms. The van der Waals surface area contributed by atoms with Gasteiger partial charge in [-0.2, -0.15) is 0 Å². The van der Waals surface area contributed by atoms with Crippen LogP contribution in [-0.2, 0) is 12.8 Å². The highest BCUT2D eigenvalue weighted by Gasteiger charge is 2.13. The molecule has 2 N–H and O–H groups in total. The molecule has 1 aromatic heterocycles. The van der Waals surface area contributed by atoms with E-state index in [4.69, 9.17) is 11.6 Å². The van der Waals surface area contributed by atoms with Gasteiger partial charge in [0.15, 0.2) is 0 Å². The normalized spacial score (nSPS) is 10.8. The van der Waals surface area contributed by atoms with Crippen molar-refractivity contribution in [3.05, 3.63) is 101 Å². The summed E-state index contributed by atoms with van der Waals surface area (Å²) < 4.78 is 0. The summed E-state index contributed by atoms with van der Waals surface area (Å²) in [5.74, 6) is 0.530. The Kier molecular flexibility index (Phi) is 6.48. The van der Waals surface area contributed by atoms with Crippen LogP contribution in [0.4, 0.5) is 11.5 Å². The number of fused-ring (bicyclic) bond motifs is 1. The summed E-state index contributed by atoms with van der Waals surface area (Å²) in [6.45, 7) is 2.67. The van der Waals surface area contributed by atoms with Gasteiger partial charge in [-0.15, -0.1) is 0 Å². The molecule has 0 saturated heterocycles. The monoisotopic (exact) mass is 429 g/mol. The van der Waals surface area contributed by atoms with E-state index >= 15 is 0 Å². The Balaban J connectivity index is 1.53. The molecule has 0 aliphatic heterocycles. The van der Waals surface area contributed by atoms with Crippen molar-refractivity contribution in [3.8, 4) is 0 Å². The number of aromatic nitrogens is 1. The van der Waals surface area contributed by atoms with E-state index in [1.165, 1.54) is 5.56 Å². The third-order valence-electron chi connectivity index (χ3n) is 5.21. The minimum Gasteiger partial charge on any atom is -0.352 e. The van der Waals surface area contributed by atoms with Crippen molar-refractivity contribution in [3.63, 3.8) is 0 Å². The third-order valence-corrected chi connectivity index (χ3v) is 5.46. The molecule has 0 spiro atoms. The van der Waals surface area contributed by atoms with Crippen molar-refractivity contribution >= 4 is 39.9 Å². The summed E-state index contributed by atoms with van der Waals surface area (Å²) in [6, 6.07) is 25.4. The van der Waals surface area contributed by atoms with E-state index in [0.717, 1.165) is 35.0 Å².